The molecule has 1 aliphatic heterocycles. The molecule has 0 radical (unpaired) electrons. The van der Waals surface area contributed by atoms with Gasteiger partial charge in [-0.05, 0) is 37.1 Å². The Labute approximate surface area is 175 Å². The third-order valence-corrected chi connectivity index (χ3v) is 5.57. The van der Waals surface area contributed by atoms with Gasteiger partial charge in [0.2, 0.25) is 0 Å². The number of rotatable bonds is 5. The predicted octanol–water partition coefficient (Wildman–Crippen LogP) is 3.46. The third-order valence-electron chi connectivity index (χ3n) is 5.57. The number of carbonyl (C=O) groups is 1. The number of carbonyl (C=O) groups excluding carboxylic acids is 1. The summed E-state index contributed by atoms with van der Waals surface area (Å²) in [6, 6.07) is 14.9. The Hall–Kier alpha value is -3.12. The molecule has 1 saturated heterocycles. The second-order valence-electron chi connectivity index (χ2n) is 7.56. The highest BCUT2D eigenvalue weighted by Gasteiger charge is 2.24. The fourth-order valence-corrected chi connectivity index (χ4v) is 3.88. The van der Waals surface area contributed by atoms with E-state index in [1.54, 1.807) is 18.2 Å². The largest absolute Gasteiger partial charge is 0.494 e. The molecular weight excluding hydrogens is 380 g/mol. The molecule has 1 fully saturated rings. The van der Waals surface area contributed by atoms with Crippen LogP contribution in [0.25, 0.3) is 11.0 Å². The van der Waals surface area contributed by atoms with Crippen LogP contribution in [-0.2, 0) is 6.54 Å². The number of hydrogen-bond acceptors (Lipinski definition) is 5. The Balaban J connectivity index is 1.49. The smallest absolute Gasteiger partial charge is 0.337 e. The van der Waals surface area contributed by atoms with Gasteiger partial charge in [0.15, 0.2) is 0 Å². The van der Waals surface area contributed by atoms with Gasteiger partial charge in [0.25, 0.3) is 5.91 Å². The van der Waals surface area contributed by atoms with Crippen LogP contribution in [0.15, 0.2) is 57.7 Å². The van der Waals surface area contributed by atoms with Crippen molar-refractivity contribution in [3.63, 3.8) is 0 Å². The number of fused-ring (bicyclic) bond motifs is 1. The molecule has 6 nitrogen and oxygen atoms in total. The van der Waals surface area contributed by atoms with Crippen molar-refractivity contribution >= 4 is 16.9 Å². The molecule has 156 valence electrons. The number of hydrogen-bond donors (Lipinski definition) is 0. The van der Waals surface area contributed by atoms with E-state index in [-0.39, 0.29) is 5.91 Å². The first kappa shape index (κ1) is 20.2. The molecule has 30 heavy (non-hydrogen) atoms. The molecule has 3 aromatic rings. The van der Waals surface area contributed by atoms with Gasteiger partial charge >= 0.3 is 5.63 Å². The van der Waals surface area contributed by atoms with Gasteiger partial charge in [-0.2, -0.15) is 0 Å². The Morgan fingerprint density at radius 2 is 1.83 bits per heavy atom. The molecule has 0 spiro atoms. The van der Waals surface area contributed by atoms with Gasteiger partial charge in [-0.1, -0.05) is 24.3 Å². The van der Waals surface area contributed by atoms with Crippen LogP contribution < -0.4 is 10.4 Å². The van der Waals surface area contributed by atoms with E-state index in [1.165, 1.54) is 17.2 Å². The van der Waals surface area contributed by atoms with Crippen molar-refractivity contribution in [3.05, 3.63) is 75.6 Å². The van der Waals surface area contributed by atoms with Crippen molar-refractivity contribution in [2.24, 2.45) is 0 Å². The second-order valence-corrected chi connectivity index (χ2v) is 7.56. The average molecular weight is 406 g/mol. The molecule has 0 aliphatic carbocycles. The summed E-state index contributed by atoms with van der Waals surface area (Å²) in [5.74, 6) is 0.482. The van der Waals surface area contributed by atoms with E-state index in [4.69, 9.17) is 9.15 Å². The molecule has 1 aliphatic rings. The van der Waals surface area contributed by atoms with Crippen molar-refractivity contribution < 1.29 is 13.9 Å². The second kappa shape index (κ2) is 8.71. The van der Waals surface area contributed by atoms with Gasteiger partial charge in [-0.15, -0.1) is 0 Å². The highest BCUT2D eigenvalue weighted by Crippen LogP contribution is 2.24. The van der Waals surface area contributed by atoms with E-state index in [1.807, 2.05) is 17.9 Å². The van der Waals surface area contributed by atoms with Crippen LogP contribution >= 0.6 is 0 Å². The van der Waals surface area contributed by atoms with Gasteiger partial charge in [-0.3, -0.25) is 9.69 Å². The van der Waals surface area contributed by atoms with Gasteiger partial charge in [0.1, 0.15) is 11.3 Å². The highest BCUT2D eigenvalue weighted by molar-refractivity contribution is 6.05. The van der Waals surface area contributed by atoms with Crippen molar-refractivity contribution in [3.8, 4) is 5.75 Å². The third kappa shape index (κ3) is 4.24. The van der Waals surface area contributed by atoms with E-state index in [2.05, 4.69) is 30.0 Å². The lowest BCUT2D eigenvalue weighted by Gasteiger charge is -2.35. The topological polar surface area (TPSA) is 63.0 Å². The Morgan fingerprint density at radius 3 is 2.57 bits per heavy atom. The normalized spacial score (nSPS) is 14.8. The molecule has 4 rings (SSSR count). The molecule has 1 aromatic heterocycles. The van der Waals surface area contributed by atoms with Crippen LogP contribution in [0.3, 0.4) is 0 Å². The summed E-state index contributed by atoms with van der Waals surface area (Å²) in [7, 11) is 0. The lowest BCUT2D eigenvalue weighted by molar-refractivity contribution is 0.0629. The number of ether oxygens (including phenoxy) is 1. The minimum atomic E-state index is -0.530. The molecule has 0 bridgehead atoms. The van der Waals surface area contributed by atoms with E-state index in [9.17, 15) is 9.59 Å². The van der Waals surface area contributed by atoms with E-state index >= 15 is 0 Å². The summed E-state index contributed by atoms with van der Waals surface area (Å²) in [5.41, 5.74) is 2.82. The first-order chi connectivity index (χ1) is 14.5. The Bertz CT molecular complexity index is 1110. The number of piperazine rings is 1. The summed E-state index contributed by atoms with van der Waals surface area (Å²) in [4.78, 5) is 29.4. The molecule has 2 heterocycles. The molecule has 0 saturated carbocycles. The first-order valence-electron chi connectivity index (χ1n) is 10.3. The maximum absolute atomic E-state index is 13.2. The number of nitrogens with zero attached hydrogens (tertiary/aromatic N) is 2. The van der Waals surface area contributed by atoms with Crippen LogP contribution in [0.4, 0.5) is 0 Å². The zero-order valence-corrected chi connectivity index (χ0v) is 17.4. The summed E-state index contributed by atoms with van der Waals surface area (Å²) in [6.45, 7) is 8.26. The lowest BCUT2D eigenvalue weighted by Crippen LogP contribution is -2.48. The standard InChI is InChI=1S/C24H26N2O4/c1-3-29-19-8-9-20-21(15-23(27)30-22(20)14-19)24(28)26-12-10-25(11-13-26)16-18-7-5-4-6-17(18)2/h4-9,14-15H,3,10-13,16H2,1-2H3. The van der Waals surface area contributed by atoms with Crippen molar-refractivity contribution in [1.82, 2.24) is 9.80 Å². The lowest BCUT2D eigenvalue weighted by atomic mass is 10.1. The number of aryl methyl sites for hydroxylation is 1. The summed E-state index contributed by atoms with van der Waals surface area (Å²) in [6.07, 6.45) is 0. The molecule has 0 unspecified atom stereocenters. The van der Waals surface area contributed by atoms with Gasteiger partial charge in [0.05, 0.1) is 12.2 Å². The quantitative estimate of drug-likeness (QED) is 0.607. The fraction of sp³-hybridized carbons (Fsp3) is 0.333. The van der Waals surface area contributed by atoms with E-state index in [0.29, 0.717) is 42.0 Å². The van der Waals surface area contributed by atoms with E-state index in [0.717, 1.165) is 19.6 Å². The first-order valence-corrected chi connectivity index (χ1v) is 10.3. The maximum Gasteiger partial charge on any atom is 0.337 e. The van der Waals surface area contributed by atoms with Gasteiger partial charge < -0.3 is 14.1 Å². The summed E-state index contributed by atoms with van der Waals surface area (Å²) in [5, 5.41) is 0.630. The van der Waals surface area contributed by atoms with Crippen LogP contribution in [0.2, 0.25) is 0 Å². The van der Waals surface area contributed by atoms with Crippen LogP contribution in [0, 0.1) is 6.92 Å². The number of amides is 1. The average Bonchev–Trinajstić information content (AvgIpc) is 2.75. The highest BCUT2D eigenvalue weighted by atomic mass is 16.5. The molecule has 2 aromatic carbocycles. The predicted molar refractivity (Wildman–Crippen MR) is 116 cm³/mol. The van der Waals surface area contributed by atoms with Crippen molar-refractivity contribution in [2.75, 3.05) is 32.8 Å². The molecule has 6 heteroatoms. The van der Waals surface area contributed by atoms with Gasteiger partial charge in [0, 0.05) is 50.2 Å². The molecule has 0 N–H and O–H groups in total. The summed E-state index contributed by atoms with van der Waals surface area (Å²) < 4.78 is 10.8. The number of benzene rings is 2. The van der Waals surface area contributed by atoms with Crippen molar-refractivity contribution in [1.29, 1.82) is 0 Å². The Kier molecular flexibility index (Phi) is 5.86. The summed E-state index contributed by atoms with van der Waals surface area (Å²) >= 11 is 0. The maximum atomic E-state index is 13.2. The van der Waals surface area contributed by atoms with Gasteiger partial charge in [-0.25, -0.2) is 4.79 Å². The van der Waals surface area contributed by atoms with Crippen molar-refractivity contribution in [2.45, 2.75) is 20.4 Å². The molecular formula is C24H26N2O4. The Morgan fingerprint density at radius 1 is 1.07 bits per heavy atom. The minimum Gasteiger partial charge on any atom is -0.494 e. The van der Waals surface area contributed by atoms with Crippen LogP contribution in [0.1, 0.15) is 28.4 Å². The fourth-order valence-electron chi connectivity index (χ4n) is 3.88. The molecule has 0 atom stereocenters. The van der Waals surface area contributed by atoms with E-state index < -0.39 is 5.63 Å². The SMILES string of the molecule is CCOc1ccc2c(C(=O)N3CCN(Cc4ccccc4C)CC3)cc(=O)oc2c1. The van der Waals surface area contributed by atoms with Crippen LogP contribution in [0.5, 0.6) is 5.75 Å². The minimum absolute atomic E-state index is 0.132. The monoisotopic (exact) mass is 406 g/mol. The molecule has 1 amide bonds. The zero-order valence-electron chi connectivity index (χ0n) is 17.4. The van der Waals surface area contributed by atoms with Crippen LogP contribution in [-0.4, -0.2) is 48.5 Å². The zero-order chi connectivity index (χ0) is 21.1.